The normalized spacial score (nSPS) is 11.2. The van der Waals surface area contributed by atoms with Crippen LogP contribution in [0, 0.1) is 11.3 Å². The quantitative estimate of drug-likeness (QED) is 0.911. The van der Waals surface area contributed by atoms with Crippen LogP contribution in [-0.2, 0) is 4.79 Å². The van der Waals surface area contributed by atoms with Crippen molar-refractivity contribution in [3.63, 3.8) is 0 Å². The van der Waals surface area contributed by atoms with Gasteiger partial charge < -0.3 is 10.1 Å². The molecule has 0 aliphatic rings. The molecule has 0 radical (unpaired) electrons. The monoisotopic (exact) mass is 281 g/mol. The van der Waals surface area contributed by atoms with Gasteiger partial charge in [0.2, 0.25) is 0 Å². The summed E-state index contributed by atoms with van der Waals surface area (Å²) in [4.78, 5) is 15.8. The van der Waals surface area contributed by atoms with Gasteiger partial charge in [-0.3, -0.25) is 9.78 Å². The van der Waals surface area contributed by atoms with Crippen LogP contribution in [-0.4, -0.2) is 17.5 Å². The molecule has 106 valence electrons. The van der Waals surface area contributed by atoms with Gasteiger partial charge in [-0.2, -0.15) is 5.26 Å². The van der Waals surface area contributed by atoms with Crippen molar-refractivity contribution in [2.45, 2.75) is 13.0 Å². The molecule has 0 bridgehead atoms. The molecule has 1 atom stereocenters. The van der Waals surface area contributed by atoms with Crippen LogP contribution in [0.25, 0.3) is 0 Å². The Morgan fingerprint density at radius 2 is 2.14 bits per heavy atom. The summed E-state index contributed by atoms with van der Waals surface area (Å²) in [6.45, 7) is 1.81. The van der Waals surface area contributed by atoms with Crippen LogP contribution in [0.5, 0.6) is 5.75 Å². The first-order chi connectivity index (χ1) is 10.2. The lowest BCUT2D eigenvalue weighted by Crippen LogP contribution is -2.31. The smallest absolute Gasteiger partial charge is 0.258 e. The Hall–Kier alpha value is -2.87. The van der Waals surface area contributed by atoms with E-state index < -0.39 is 0 Å². The average molecular weight is 281 g/mol. The number of nitriles is 1. The first-order valence-electron chi connectivity index (χ1n) is 6.51. The van der Waals surface area contributed by atoms with Crippen molar-refractivity contribution in [2.24, 2.45) is 0 Å². The predicted molar refractivity (Wildman–Crippen MR) is 77.4 cm³/mol. The fraction of sp³-hybridized carbons (Fsp3) is 0.188. The van der Waals surface area contributed by atoms with Crippen LogP contribution in [0.3, 0.4) is 0 Å². The Labute approximate surface area is 123 Å². The molecule has 2 rings (SSSR count). The van der Waals surface area contributed by atoms with Gasteiger partial charge in [0.1, 0.15) is 5.75 Å². The lowest BCUT2D eigenvalue weighted by Gasteiger charge is -2.14. The van der Waals surface area contributed by atoms with Gasteiger partial charge in [-0.1, -0.05) is 6.07 Å². The summed E-state index contributed by atoms with van der Waals surface area (Å²) >= 11 is 0. The summed E-state index contributed by atoms with van der Waals surface area (Å²) in [7, 11) is 0. The van der Waals surface area contributed by atoms with Crippen LogP contribution < -0.4 is 10.1 Å². The van der Waals surface area contributed by atoms with E-state index in [0.29, 0.717) is 11.3 Å². The number of hydrogen-bond acceptors (Lipinski definition) is 4. The van der Waals surface area contributed by atoms with Crippen molar-refractivity contribution >= 4 is 5.91 Å². The third-order valence-corrected chi connectivity index (χ3v) is 2.92. The number of carbonyl (C=O) groups is 1. The number of nitrogens with one attached hydrogen (secondary N) is 1. The molecule has 1 aromatic carbocycles. The number of amides is 1. The minimum atomic E-state index is -0.212. The third-order valence-electron chi connectivity index (χ3n) is 2.92. The van der Waals surface area contributed by atoms with Gasteiger partial charge in [0, 0.05) is 12.4 Å². The SMILES string of the molecule is CC(NC(=O)COc1ccc(C#N)cc1)c1cccnc1. The average Bonchev–Trinajstić information content (AvgIpc) is 2.54. The molecule has 5 heteroatoms. The van der Waals surface area contributed by atoms with Gasteiger partial charge >= 0.3 is 0 Å². The maximum Gasteiger partial charge on any atom is 0.258 e. The topological polar surface area (TPSA) is 75.0 Å². The molecule has 5 nitrogen and oxygen atoms in total. The summed E-state index contributed by atoms with van der Waals surface area (Å²) in [5.74, 6) is 0.342. The summed E-state index contributed by atoms with van der Waals surface area (Å²) in [6, 6.07) is 12.2. The zero-order chi connectivity index (χ0) is 15.1. The summed E-state index contributed by atoms with van der Waals surface area (Å²) in [5.41, 5.74) is 1.49. The lowest BCUT2D eigenvalue weighted by molar-refractivity contribution is -0.123. The highest BCUT2D eigenvalue weighted by atomic mass is 16.5. The Morgan fingerprint density at radius 1 is 1.38 bits per heavy atom. The number of nitrogens with zero attached hydrogens (tertiary/aromatic N) is 2. The molecule has 0 fully saturated rings. The van der Waals surface area contributed by atoms with Crippen LogP contribution in [0.15, 0.2) is 48.8 Å². The number of rotatable bonds is 5. The highest BCUT2D eigenvalue weighted by Crippen LogP contribution is 2.12. The molecule has 21 heavy (non-hydrogen) atoms. The minimum absolute atomic E-state index is 0.0729. The predicted octanol–water partition coefficient (Wildman–Crippen LogP) is 2.21. The second-order valence-corrected chi connectivity index (χ2v) is 4.50. The number of aromatic nitrogens is 1. The number of hydrogen-bond donors (Lipinski definition) is 1. The molecule has 0 aliphatic heterocycles. The molecule has 0 saturated carbocycles. The molecular weight excluding hydrogens is 266 g/mol. The first-order valence-corrected chi connectivity index (χ1v) is 6.51. The van der Waals surface area contributed by atoms with Crippen molar-refractivity contribution in [1.82, 2.24) is 10.3 Å². The molecule has 1 unspecified atom stereocenters. The van der Waals surface area contributed by atoms with Gasteiger partial charge in [-0.15, -0.1) is 0 Å². The van der Waals surface area contributed by atoms with E-state index in [1.54, 1.807) is 36.7 Å². The van der Waals surface area contributed by atoms with E-state index in [0.717, 1.165) is 5.56 Å². The van der Waals surface area contributed by atoms with Crippen molar-refractivity contribution in [1.29, 1.82) is 5.26 Å². The number of pyridine rings is 1. The van der Waals surface area contributed by atoms with E-state index >= 15 is 0 Å². The first kappa shape index (κ1) is 14.5. The van der Waals surface area contributed by atoms with Gasteiger partial charge in [-0.05, 0) is 42.8 Å². The number of benzene rings is 1. The molecule has 2 aromatic rings. The zero-order valence-corrected chi connectivity index (χ0v) is 11.6. The van der Waals surface area contributed by atoms with Crippen LogP contribution in [0.4, 0.5) is 0 Å². The van der Waals surface area contributed by atoms with Crippen molar-refractivity contribution < 1.29 is 9.53 Å². The summed E-state index contributed by atoms with van der Waals surface area (Å²) in [6.07, 6.45) is 3.40. The van der Waals surface area contributed by atoms with Crippen molar-refractivity contribution in [3.8, 4) is 11.8 Å². The van der Waals surface area contributed by atoms with E-state index in [2.05, 4.69) is 10.3 Å². The maximum absolute atomic E-state index is 11.8. The van der Waals surface area contributed by atoms with Crippen LogP contribution in [0.1, 0.15) is 24.1 Å². The molecule has 0 aliphatic carbocycles. The largest absolute Gasteiger partial charge is 0.484 e. The van der Waals surface area contributed by atoms with E-state index in [9.17, 15) is 4.79 Å². The Morgan fingerprint density at radius 3 is 2.76 bits per heavy atom. The van der Waals surface area contributed by atoms with Gasteiger partial charge in [0.15, 0.2) is 6.61 Å². The maximum atomic E-state index is 11.8. The number of carbonyl (C=O) groups excluding carboxylic acids is 1. The van der Waals surface area contributed by atoms with Crippen molar-refractivity contribution in [3.05, 3.63) is 59.9 Å². The fourth-order valence-electron chi connectivity index (χ4n) is 1.77. The molecule has 1 heterocycles. The van der Waals surface area contributed by atoms with Crippen LogP contribution >= 0.6 is 0 Å². The van der Waals surface area contributed by atoms with E-state index in [-0.39, 0.29) is 18.6 Å². The Kier molecular flexibility index (Phi) is 4.89. The third kappa shape index (κ3) is 4.32. The molecule has 1 amide bonds. The van der Waals surface area contributed by atoms with Gasteiger partial charge in [0.25, 0.3) is 5.91 Å². The highest BCUT2D eigenvalue weighted by Gasteiger charge is 2.10. The molecule has 1 aromatic heterocycles. The second-order valence-electron chi connectivity index (χ2n) is 4.50. The minimum Gasteiger partial charge on any atom is -0.484 e. The fourth-order valence-corrected chi connectivity index (χ4v) is 1.77. The Balaban J connectivity index is 1.83. The molecular formula is C16H15N3O2. The van der Waals surface area contributed by atoms with E-state index in [4.69, 9.17) is 10.00 Å². The Bertz CT molecular complexity index is 633. The van der Waals surface area contributed by atoms with Crippen molar-refractivity contribution in [2.75, 3.05) is 6.61 Å². The van der Waals surface area contributed by atoms with E-state index in [1.807, 2.05) is 25.1 Å². The molecule has 0 saturated heterocycles. The molecule has 0 spiro atoms. The number of ether oxygens (including phenoxy) is 1. The summed E-state index contributed by atoms with van der Waals surface area (Å²) < 4.78 is 5.37. The van der Waals surface area contributed by atoms with Crippen LogP contribution in [0.2, 0.25) is 0 Å². The highest BCUT2D eigenvalue weighted by molar-refractivity contribution is 5.78. The van der Waals surface area contributed by atoms with Gasteiger partial charge in [-0.25, -0.2) is 0 Å². The zero-order valence-electron chi connectivity index (χ0n) is 11.6. The lowest BCUT2D eigenvalue weighted by atomic mass is 10.1. The standard InChI is InChI=1S/C16H15N3O2/c1-12(14-3-2-8-18-10-14)19-16(20)11-21-15-6-4-13(9-17)5-7-15/h2-8,10,12H,11H2,1H3,(H,19,20). The molecule has 1 N–H and O–H groups in total. The van der Waals surface area contributed by atoms with Gasteiger partial charge in [0.05, 0.1) is 17.7 Å². The summed E-state index contributed by atoms with van der Waals surface area (Å²) in [5, 5.41) is 11.5. The van der Waals surface area contributed by atoms with E-state index in [1.165, 1.54) is 0 Å². The second kappa shape index (κ2) is 7.06.